The van der Waals surface area contributed by atoms with Gasteiger partial charge in [-0.15, -0.1) is 0 Å². The number of nitrogens with zero attached hydrogens (tertiary/aromatic N) is 2. The molecule has 1 unspecified atom stereocenters. The van der Waals surface area contributed by atoms with Crippen molar-refractivity contribution in [2.75, 3.05) is 30.4 Å². The van der Waals surface area contributed by atoms with E-state index in [1.165, 1.54) is 22.9 Å². The summed E-state index contributed by atoms with van der Waals surface area (Å²) in [6, 6.07) is 10.1. The molecule has 1 heterocycles. The fourth-order valence-corrected chi connectivity index (χ4v) is 3.97. The highest BCUT2D eigenvalue weighted by molar-refractivity contribution is 9.10. The first-order valence-corrected chi connectivity index (χ1v) is 10.3. The number of halogens is 2. The molecule has 6 nitrogen and oxygen atoms in total. The first-order chi connectivity index (χ1) is 14.2. The van der Waals surface area contributed by atoms with Crippen LogP contribution in [0.3, 0.4) is 0 Å². The van der Waals surface area contributed by atoms with Crippen LogP contribution >= 0.6 is 15.9 Å². The van der Waals surface area contributed by atoms with Gasteiger partial charge in [0.1, 0.15) is 5.82 Å². The SMILES string of the molecule is Cc1ccc(N2CC(C(=O)N(C)CC(=O)Nc3ccc(Br)cc3C)CC2=O)c(F)c1. The first-order valence-electron chi connectivity index (χ1n) is 9.53. The number of carbonyl (C=O) groups excluding carboxylic acids is 3. The molecule has 8 heteroatoms. The van der Waals surface area contributed by atoms with E-state index in [2.05, 4.69) is 21.2 Å². The van der Waals surface area contributed by atoms with Crippen molar-refractivity contribution in [3.63, 3.8) is 0 Å². The van der Waals surface area contributed by atoms with Gasteiger partial charge in [0, 0.05) is 30.2 Å². The molecule has 1 fully saturated rings. The summed E-state index contributed by atoms with van der Waals surface area (Å²) >= 11 is 3.37. The Bertz CT molecular complexity index is 1010. The molecule has 158 valence electrons. The second kappa shape index (κ2) is 8.95. The first kappa shape index (κ1) is 22.0. The van der Waals surface area contributed by atoms with Crippen molar-refractivity contribution in [1.29, 1.82) is 0 Å². The predicted molar refractivity (Wildman–Crippen MR) is 117 cm³/mol. The van der Waals surface area contributed by atoms with E-state index in [-0.39, 0.29) is 42.9 Å². The second-order valence-corrected chi connectivity index (χ2v) is 8.48. The monoisotopic (exact) mass is 475 g/mol. The lowest BCUT2D eigenvalue weighted by atomic mass is 10.1. The Morgan fingerprint density at radius 2 is 1.97 bits per heavy atom. The average molecular weight is 476 g/mol. The van der Waals surface area contributed by atoms with Gasteiger partial charge < -0.3 is 15.1 Å². The van der Waals surface area contributed by atoms with Crippen molar-refractivity contribution in [3.05, 3.63) is 57.8 Å². The Hall–Kier alpha value is -2.74. The highest BCUT2D eigenvalue weighted by Gasteiger charge is 2.37. The van der Waals surface area contributed by atoms with Gasteiger partial charge in [-0.05, 0) is 55.3 Å². The molecule has 1 N–H and O–H groups in total. The lowest BCUT2D eigenvalue weighted by Gasteiger charge is -2.21. The van der Waals surface area contributed by atoms with Crippen LogP contribution in [-0.4, -0.2) is 42.8 Å². The molecule has 1 aliphatic rings. The molecule has 0 aromatic heterocycles. The number of nitrogens with one attached hydrogen (secondary N) is 1. The summed E-state index contributed by atoms with van der Waals surface area (Å²) in [4.78, 5) is 40.1. The molecule has 0 radical (unpaired) electrons. The topological polar surface area (TPSA) is 69.7 Å². The number of hydrogen-bond acceptors (Lipinski definition) is 3. The van der Waals surface area contributed by atoms with Crippen molar-refractivity contribution in [3.8, 4) is 0 Å². The van der Waals surface area contributed by atoms with Crippen LogP contribution in [0.5, 0.6) is 0 Å². The van der Waals surface area contributed by atoms with Crippen LogP contribution < -0.4 is 10.2 Å². The van der Waals surface area contributed by atoms with Crippen molar-refractivity contribution in [1.82, 2.24) is 4.90 Å². The maximum absolute atomic E-state index is 14.3. The minimum Gasteiger partial charge on any atom is -0.336 e. The third-order valence-corrected chi connectivity index (χ3v) is 5.58. The average Bonchev–Trinajstić information content (AvgIpc) is 3.04. The van der Waals surface area contributed by atoms with Gasteiger partial charge in [0.05, 0.1) is 18.2 Å². The molecule has 3 amide bonds. The van der Waals surface area contributed by atoms with Crippen LogP contribution in [0.15, 0.2) is 40.9 Å². The van der Waals surface area contributed by atoms with Crippen LogP contribution in [-0.2, 0) is 14.4 Å². The van der Waals surface area contributed by atoms with Crippen molar-refractivity contribution >= 4 is 45.0 Å². The zero-order valence-electron chi connectivity index (χ0n) is 17.0. The molecule has 0 saturated carbocycles. The van der Waals surface area contributed by atoms with Crippen LogP contribution in [0, 0.1) is 25.6 Å². The fraction of sp³-hybridized carbons (Fsp3) is 0.318. The number of carbonyl (C=O) groups is 3. The number of anilines is 2. The molecule has 2 aromatic carbocycles. The summed E-state index contributed by atoms with van der Waals surface area (Å²) in [5.74, 6) is -2.07. The Kier molecular flexibility index (Phi) is 6.55. The van der Waals surface area contributed by atoms with Crippen LogP contribution in [0.2, 0.25) is 0 Å². The standard InChI is InChI=1S/C22H23BrFN3O3/c1-13-4-7-19(17(24)8-13)27-11-15(10-21(27)29)22(30)26(3)12-20(28)25-18-6-5-16(23)9-14(18)2/h4-9,15H,10-12H2,1-3H3,(H,25,28). The van der Waals surface area contributed by atoms with Gasteiger partial charge in [-0.1, -0.05) is 22.0 Å². The van der Waals surface area contributed by atoms with Gasteiger partial charge in [0.15, 0.2) is 0 Å². The third kappa shape index (κ3) is 4.87. The maximum atomic E-state index is 14.3. The lowest BCUT2D eigenvalue weighted by Crippen LogP contribution is -2.39. The van der Waals surface area contributed by atoms with E-state index in [1.54, 1.807) is 25.1 Å². The number of amides is 3. The van der Waals surface area contributed by atoms with Gasteiger partial charge in [-0.3, -0.25) is 14.4 Å². The van der Waals surface area contributed by atoms with Gasteiger partial charge >= 0.3 is 0 Å². The van der Waals surface area contributed by atoms with E-state index >= 15 is 0 Å². The summed E-state index contributed by atoms with van der Waals surface area (Å²) in [5, 5.41) is 2.79. The van der Waals surface area contributed by atoms with Gasteiger partial charge in [0.25, 0.3) is 0 Å². The minimum absolute atomic E-state index is 0.00999. The van der Waals surface area contributed by atoms with Crippen LogP contribution in [0.1, 0.15) is 17.5 Å². The smallest absolute Gasteiger partial charge is 0.243 e. The quantitative estimate of drug-likeness (QED) is 0.717. The van der Waals surface area contributed by atoms with Gasteiger partial charge in [0.2, 0.25) is 17.7 Å². The van der Waals surface area contributed by atoms with E-state index in [1.807, 2.05) is 19.1 Å². The molecule has 1 aliphatic heterocycles. The van der Waals surface area contributed by atoms with Crippen LogP contribution in [0.25, 0.3) is 0 Å². The molecular weight excluding hydrogens is 453 g/mol. The van der Waals surface area contributed by atoms with E-state index in [0.717, 1.165) is 15.6 Å². The van der Waals surface area contributed by atoms with Crippen LogP contribution in [0.4, 0.5) is 15.8 Å². The molecule has 1 atom stereocenters. The summed E-state index contributed by atoms with van der Waals surface area (Å²) in [7, 11) is 1.52. The van der Waals surface area contributed by atoms with Gasteiger partial charge in [-0.2, -0.15) is 0 Å². The number of rotatable bonds is 5. The largest absolute Gasteiger partial charge is 0.336 e. The Morgan fingerprint density at radius 1 is 1.23 bits per heavy atom. The number of hydrogen-bond donors (Lipinski definition) is 1. The lowest BCUT2D eigenvalue weighted by molar-refractivity contribution is -0.137. The highest BCUT2D eigenvalue weighted by Crippen LogP contribution is 2.29. The number of likely N-dealkylation sites (N-methyl/N-ethyl adjacent to an activating group) is 1. The molecule has 1 saturated heterocycles. The predicted octanol–water partition coefficient (Wildman–Crippen LogP) is 3.66. The van der Waals surface area contributed by atoms with Crippen molar-refractivity contribution < 1.29 is 18.8 Å². The van der Waals surface area contributed by atoms with E-state index < -0.39 is 11.7 Å². The molecule has 0 bridgehead atoms. The Balaban J connectivity index is 1.62. The molecule has 3 rings (SSSR count). The zero-order valence-corrected chi connectivity index (χ0v) is 18.6. The Morgan fingerprint density at radius 3 is 2.63 bits per heavy atom. The van der Waals surface area contributed by atoms with E-state index in [0.29, 0.717) is 5.69 Å². The minimum atomic E-state index is -0.620. The fourth-order valence-electron chi connectivity index (χ4n) is 3.50. The third-order valence-electron chi connectivity index (χ3n) is 5.09. The normalized spacial score (nSPS) is 16.0. The molecule has 0 aliphatic carbocycles. The van der Waals surface area contributed by atoms with Crippen molar-refractivity contribution in [2.24, 2.45) is 5.92 Å². The number of benzene rings is 2. The maximum Gasteiger partial charge on any atom is 0.243 e. The molecule has 30 heavy (non-hydrogen) atoms. The van der Waals surface area contributed by atoms with E-state index in [9.17, 15) is 18.8 Å². The zero-order chi connectivity index (χ0) is 22.0. The second-order valence-electron chi connectivity index (χ2n) is 7.56. The molecular formula is C22H23BrFN3O3. The van der Waals surface area contributed by atoms with Gasteiger partial charge in [-0.25, -0.2) is 4.39 Å². The van der Waals surface area contributed by atoms with Crippen molar-refractivity contribution in [2.45, 2.75) is 20.3 Å². The summed E-state index contributed by atoms with van der Waals surface area (Å²) < 4.78 is 15.2. The highest BCUT2D eigenvalue weighted by atomic mass is 79.9. The number of aryl methyl sites for hydroxylation is 2. The summed E-state index contributed by atoms with van der Waals surface area (Å²) in [6.07, 6.45) is -0.00999. The van der Waals surface area contributed by atoms with E-state index in [4.69, 9.17) is 0 Å². The summed E-state index contributed by atoms with van der Waals surface area (Å²) in [5.41, 5.74) is 2.49. The molecule has 0 spiro atoms. The summed E-state index contributed by atoms with van der Waals surface area (Å²) in [6.45, 7) is 3.59. The molecule has 2 aromatic rings. The Labute approximate surface area is 183 Å².